The Hall–Kier alpha value is -2.43. The lowest BCUT2D eigenvalue weighted by Crippen LogP contribution is -2.58. The molecule has 1 spiro atoms. The lowest BCUT2D eigenvalue weighted by molar-refractivity contribution is -0.323. The van der Waals surface area contributed by atoms with Gasteiger partial charge in [0.15, 0.2) is 18.4 Å². The summed E-state index contributed by atoms with van der Waals surface area (Å²) in [7, 11) is 4.92. The molecule has 20 atom stereocenters. The molecule has 1 aliphatic carbocycles. The van der Waals surface area contributed by atoms with E-state index < -0.39 is 91.3 Å². The molecular weight excluding hydrogens is 897 g/mol. The Balaban J connectivity index is 1.13. The molecule has 0 aromatic carbocycles. The average molecular weight is 977 g/mol. The number of fused-ring (bicyclic) bond motifs is 2. The maximum atomic E-state index is 14.4. The molecule has 0 aromatic rings. The minimum Gasteiger partial charge on any atom is -0.462 e. The SMILES string of the molecule is CCC(C)C1OC2(C=CC1C)CC1CC(C/C=C(\C)C(OC3CC(OC)C(OC4CC(OC)C(OCOCCOC)C(C)O4)C(C)O3)C(C)/C=C/C=C3\COC4C(O)C(CO)=CC(C(=O)O1)C34O)O2. The maximum Gasteiger partial charge on any atom is 0.316 e. The maximum absolute atomic E-state index is 14.4. The first-order valence-electron chi connectivity index (χ1n) is 25.1. The average Bonchev–Trinajstić information content (AvgIpc) is 3.67. The first kappa shape index (κ1) is 54.3. The van der Waals surface area contributed by atoms with Crippen LogP contribution in [0.5, 0.6) is 0 Å². The van der Waals surface area contributed by atoms with Crippen LogP contribution in [-0.2, 0) is 66.4 Å². The van der Waals surface area contributed by atoms with E-state index in [0.717, 1.165) is 12.0 Å². The fourth-order valence-electron chi connectivity index (χ4n) is 11.2. The molecule has 4 fully saturated rings. The molecule has 17 heteroatoms. The van der Waals surface area contributed by atoms with Crippen LogP contribution in [0.3, 0.4) is 0 Å². The van der Waals surface area contributed by atoms with Gasteiger partial charge in [-0.2, -0.15) is 0 Å². The summed E-state index contributed by atoms with van der Waals surface area (Å²) in [5, 5.41) is 34.1. The molecule has 0 saturated carbocycles. The molecule has 6 aliphatic heterocycles. The molecular formula is C52H80O17. The van der Waals surface area contributed by atoms with Crippen LogP contribution in [0, 0.1) is 23.7 Å². The Morgan fingerprint density at radius 2 is 1.61 bits per heavy atom. The Morgan fingerprint density at radius 1 is 0.899 bits per heavy atom. The monoisotopic (exact) mass is 977 g/mol. The molecule has 3 N–H and O–H groups in total. The summed E-state index contributed by atoms with van der Waals surface area (Å²) in [6.45, 7) is 14.8. The Bertz CT molecular complexity index is 1850. The number of ether oxygens (including phenoxy) is 13. The van der Waals surface area contributed by atoms with E-state index in [1.54, 1.807) is 27.4 Å². The number of aliphatic hydroxyl groups excluding tert-OH is 2. The first-order chi connectivity index (χ1) is 33.1. The Morgan fingerprint density at radius 3 is 2.30 bits per heavy atom. The third-order valence-electron chi connectivity index (χ3n) is 15.3. The van der Waals surface area contributed by atoms with Crippen molar-refractivity contribution in [3.63, 3.8) is 0 Å². The number of rotatable bonds is 15. The van der Waals surface area contributed by atoms with Gasteiger partial charge in [0.1, 0.15) is 48.8 Å². The summed E-state index contributed by atoms with van der Waals surface area (Å²) >= 11 is 0. The molecule has 6 heterocycles. The van der Waals surface area contributed by atoms with E-state index in [2.05, 4.69) is 32.9 Å². The van der Waals surface area contributed by atoms with Crippen LogP contribution in [0.2, 0.25) is 0 Å². The zero-order valence-corrected chi connectivity index (χ0v) is 42.3. The summed E-state index contributed by atoms with van der Waals surface area (Å²) in [5.74, 6) is -2.96. The van der Waals surface area contributed by atoms with Crippen molar-refractivity contribution < 1.29 is 81.7 Å². The third kappa shape index (κ3) is 12.2. The van der Waals surface area contributed by atoms with Crippen molar-refractivity contribution in [1.29, 1.82) is 0 Å². The number of allylic oxidation sites excluding steroid dienone is 2. The number of carbonyl (C=O) groups excluding carboxylic acids is 1. The van der Waals surface area contributed by atoms with Gasteiger partial charge in [-0.25, -0.2) is 0 Å². The van der Waals surface area contributed by atoms with Gasteiger partial charge in [-0.05, 0) is 55.9 Å². The van der Waals surface area contributed by atoms with Gasteiger partial charge in [0, 0.05) is 58.8 Å². The fraction of sp³-hybridized carbons (Fsp3) is 0.788. The van der Waals surface area contributed by atoms with E-state index in [1.807, 2.05) is 45.9 Å². The summed E-state index contributed by atoms with van der Waals surface area (Å²) in [5.41, 5.74) is -0.434. The largest absolute Gasteiger partial charge is 0.462 e. The van der Waals surface area contributed by atoms with E-state index in [1.165, 1.54) is 6.08 Å². The highest BCUT2D eigenvalue weighted by molar-refractivity contribution is 5.78. The number of aliphatic hydroxyl groups is 3. The summed E-state index contributed by atoms with van der Waals surface area (Å²) < 4.78 is 81.2. The molecule has 4 saturated heterocycles. The molecule has 20 unspecified atom stereocenters. The molecule has 17 nitrogen and oxygen atoms in total. The summed E-state index contributed by atoms with van der Waals surface area (Å²) in [6.07, 6.45) is 8.07. The van der Waals surface area contributed by atoms with E-state index in [-0.39, 0.29) is 67.6 Å². The number of methoxy groups -OCH3 is 3. The van der Waals surface area contributed by atoms with Crippen molar-refractivity contribution in [2.45, 2.75) is 184 Å². The van der Waals surface area contributed by atoms with E-state index in [4.69, 9.17) is 61.6 Å². The molecule has 0 aromatic heterocycles. The highest BCUT2D eigenvalue weighted by Gasteiger charge is 2.60. The topological polar surface area (TPSA) is 198 Å². The van der Waals surface area contributed by atoms with Gasteiger partial charge in [0.05, 0.1) is 69.2 Å². The predicted molar refractivity (Wildman–Crippen MR) is 250 cm³/mol. The molecule has 0 radical (unpaired) electrons. The van der Waals surface area contributed by atoms with Crippen LogP contribution in [0.4, 0.5) is 0 Å². The second-order valence-corrected chi connectivity index (χ2v) is 20.1. The summed E-state index contributed by atoms with van der Waals surface area (Å²) in [4.78, 5) is 14.4. The van der Waals surface area contributed by atoms with Gasteiger partial charge in [-0.15, -0.1) is 0 Å². The van der Waals surface area contributed by atoms with Crippen LogP contribution in [-0.4, -0.2) is 173 Å². The highest BCUT2D eigenvalue weighted by atomic mass is 16.7. The Kier molecular flexibility index (Phi) is 19.0. The van der Waals surface area contributed by atoms with Gasteiger partial charge < -0.3 is 76.9 Å². The van der Waals surface area contributed by atoms with Crippen molar-refractivity contribution >= 4 is 5.97 Å². The lowest BCUT2D eigenvalue weighted by Gasteiger charge is -2.48. The lowest BCUT2D eigenvalue weighted by atomic mass is 9.70. The van der Waals surface area contributed by atoms with Crippen molar-refractivity contribution in [2.75, 3.05) is 54.5 Å². The second-order valence-electron chi connectivity index (χ2n) is 20.1. The van der Waals surface area contributed by atoms with Crippen LogP contribution in [0.15, 0.2) is 59.3 Å². The van der Waals surface area contributed by atoms with E-state index in [0.29, 0.717) is 44.5 Å². The van der Waals surface area contributed by atoms with Crippen molar-refractivity contribution in [2.24, 2.45) is 23.7 Å². The van der Waals surface area contributed by atoms with Crippen LogP contribution >= 0.6 is 0 Å². The van der Waals surface area contributed by atoms with Gasteiger partial charge in [-0.3, -0.25) is 4.79 Å². The predicted octanol–water partition coefficient (Wildman–Crippen LogP) is 4.99. The van der Waals surface area contributed by atoms with Gasteiger partial charge in [0.2, 0.25) is 0 Å². The molecule has 0 amide bonds. The number of hydrogen-bond donors (Lipinski definition) is 3. The zero-order valence-electron chi connectivity index (χ0n) is 42.3. The van der Waals surface area contributed by atoms with Gasteiger partial charge in [-0.1, -0.05) is 70.6 Å². The molecule has 7 rings (SSSR count). The van der Waals surface area contributed by atoms with Crippen LogP contribution in [0.1, 0.15) is 87.0 Å². The Labute approximate surface area is 408 Å². The van der Waals surface area contributed by atoms with Crippen molar-refractivity contribution in [3.05, 3.63) is 59.3 Å². The smallest absolute Gasteiger partial charge is 0.316 e. The number of esters is 1. The fourth-order valence-corrected chi connectivity index (χ4v) is 11.2. The van der Waals surface area contributed by atoms with Crippen LogP contribution in [0.25, 0.3) is 0 Å². The third-order valence-corrected chi connectivity index (χ3v) is 15.3. The van der Waals surface area contributed by atoms with Crippen molar-refractivity contribution in [1.82, 2.24) is 0 Å². The first-order valence-corrected chi connectivity index (χ1v) is 25.1. The minimum atomic E-state index is -1.95. The number of carbonyl (C=O) groups is 1. The number of hydrogen-bond acceptors (Lipinski definition) is 17. The molecule has 69 heavy (non-hydrogen) atoms. The van der Waals surface area contributed by atoms with Gasteiger partial charge in [0.25, 0.3) is 0 Å². The second kappa shape index (κ2) is 24.1. The highest BCUT2D eigenvalue weighted by Crippen LogP contribution is 2.47. The van der Waals surface area contributed by atoms with Crippen LogP contribution < -0.4 is 0 Å². The standard InChI is InChI=1S/C52H80O17/c1-11-29(2)46-32(5)17-18-51(69-46)25-38-22-37(68-51)16-15-31(4)45(30(3)13-12-14-36-27-61-49-44(54)35(26-53)21-39(50(55)65-38)52(36,49)56)66-42-24-41(59-10)48(34(7)64-42)67-43-23-40(58-9)47(33(6)63-43)62-28-60-20-19-57-8/h12-15,17-18,21,29-30,32-34,37-49,53-54,56H,11,16,19-20,22-28H2,1-10H3/b13-12+,31-15+,36-14+. The molecule has 390 valence electrons. The molecule has 2 bridgehead atoms. The quantitative estimate of drug-likeness (QED) is 0.0858. The van der Waals surface area contributed by atoms with E-state index in [9.17, 15) is 20.1 Å². The summed E-state index contributed by atoms with van der Waals surface area (Å²) in [6, 6.07) is 0. The molecule has 7 aliphatic rings. The minimum absolute atomic E-state index is 0.0482. The zero-order chi connectivity index (χ0) is 49.6. The van der Waals surface area contributed by atoms with Crippen molar-refractivity contribution in [3.8, 4) is 0 Å². The normalized spacial score (nSPS) is 45.4. The van der Waals surface area contributed by atoms with E-state index >= 15 is 0 Å². The van der Waals surface area contributed by atoms with Gasteiger partial charge >= 0.3 is 5.97 Å².